The lowest BCUT2D eigenvalue weighted by atomic mass is 10.1. The molecule has 1 N–H and O–H groups in total. The number of aryl methyl sites for hydroxylation is 1. The van der Waals surface area contributed by atoms with Gasteiger partial charge in [-0.3, -0.25) is 0 Å². The van der Waals surface area contributed by atoms with E-state index in [0.29, 0.717) is 16.8 Å². The summed E-state index contributed by atoms with van der Waals surface area (Å²) in [6.07, 6.45) is 0. The summed E-state index contributed by atoms with van der Waals surface area (Å²) in [6, 6.07) is 20.9. The molecule has 0 saturated carbocycles. The van der Waals surface area contributed by atoms with Gasteiger partial charge in [0.05, 0.1) is 0 Å². The molecule has 6 heteroatoms. The Kier molecular flexibility index (Phi) is 5.08. The van der Waals surface area contributed by atoms with Crippen LogP contribution < -0.4 is 5.32 Å². The van der Waals surface area contributed by atoms with E-state index >= 15 is 0 Å². The molecule has 0 fully saturated rings. The number of hydrogen-bond acceptors (Lipinski definition) is 4. The first-order valence-electron chi connectivity index (χ1n) is 8.77. The average molecular weight is 394 g/mol. The maximum absolute atomic E-state index is 13.4. The van der Waals surface area contributed by atoms with Crippen molar-refractivity contribution in [3.8, 4) is 11.5 Å². The first-order chi connectivity index (χ1) is 13.6. The van der Waals surface area contributed by atoms with E-state index in [1.54, 1.807) is 12.1 Å². The molecular formula is C22H17ClFN3O. The van der Waals surface area contributed by atoms with Crippen LogP contribution in [0.15, 0.2) is 77.2 Å². The lowest BCUT2D eigenvalue weighted by Gasteiger charge is -2.19. The van der Waals surface area contributed by atoms with Gasteiger partial charge in [0.25, 0.3) is 0 Å². The molecule has 0 bridgehead atoms. The number of nitrogens with zero attached hydrogens (tertiary/aromatic N) is 2. The molecular weight excluding hydrogens is 377 g/mol. The minimum Gasteiger partial charge on any atom is -0.418 e. The molecule has 3 aromatic carbocycles. The molecule has 0 amide bonds. The van der Waals surface area contributed by atoms with Gasteiger partial charge in [0.2, 0.25) is 11.8 Å². The molecule has 0 saturated heterocycles. The second kappa shape index (κ2) is 7.82. The Labute approximate surface area is 167 Å². The van der Waals surface area contributed by atoms with Gasteiger partial charge in [-0.2, -0.15) is 0 Å². The summed E-state index contributed by atoms with van der Waals surface area (Å²) < 4.78 is 19.4. The molecule has 1 heterocycles. The van der Waals surface area contributed by atoms with Gasteiger partial charge in [-0.05, 0) is 54.4 Å². The molecule has 1 aromatic heterocycles. The quantitative estimate of drug-likeness (QED) is 0.449. The van der Waals surface area contributed by atoms with Gasteiger partial charge in [0, 0.05) is 16.3 Å². The summed E-state index contributed by atoms with van der Waals surface area (Å²) in [5, 5.41) is 12.4. The van der Waals surface area contributed by atoms with Crippen LogP contribution >= 0.6 is 11.6 Å². The van der Waals surface area contributed by atoms with E-state index in [0.717, 1.165) is 22.4 Å². The largest absolute Gasteiger partial charge is 0.418 e. The molecule has 0 spiro atoms. The Bertz CT molecular complexity index is 1080. The molecule has 4 nitrogen and oxygen atoms in total. The minimum absolute atomic E-state index is 0.308. The Balaban J connectivity index is 1.74. The van der Waals surface area contributed by atoms with Crippen molar-refractivity contribution in [3.05, 3.63) is 101 Å². The molecule has 0 radical (unpaired) electrons. The SMILES string of the molecule is Cc1ccc(Cl)cc1N[C@H](c1ccc(F)cc1)c1nnc(-c2ccccc2)o1. The lowest BCUT2D eigenvalue weighted by Crippen LogP contribution is -2.13. The number of anilines is 1. The van der Waals surface area contributed by atoms with Crippen LogP contribution in [0.3, 0.4) is 0 Å². The van der Waals surface area contributed by atoms with Gasteiger partial charge in [-0.25, -0.2) is 4.39 Å². The topological polar surface area (TPSA) is 51.0 Å². The monoisotopic (exact) mass is 393 g/mol. The molecule has 4 aromatic rings. The zero-order valence-corrected chi connectivity index (χ0v) is 15.8. The second-order valence-corrected chi connectivity index (χ2v) is 6.84. The molecule has 0 aliphatic heterocycles. The third-order valence-electron chi connectivity index (χ3n) is 4.41. The fourth-order valence-corrected chi connectivity index (χ4v) is 3.07. The van der Waals surface area contributed by atoms with E-state index in [1.165, 1.54) is 12.1 Å². The minimum atomic E-state index is -0.456. The number of hydrogen-bond donors (Lipinski definition) is 1. The van der Waals surface area contributed by atoms with Gasteiger partial charge in [0.1, 0.15) is 11.9 Å². The lowest BCUT2D eigenvalue weighted by molar-refractivity contribution is 0.493. The third-order valence-corrected chi connectivity index (χ3v) is 4.65. The van der Waals surface area contributed by atoms with Crippen LogP contribution in [0.4, 0.5) is 10.1 Å². The van der Waals surface area contributed by atoms with Gasteiger partial charge in [-0.15, -0.1) is 10.2 Å². The number of aromatic nitrogens is 2. The third kappa shape index (κ3) is 3.89. The molecule has 4 rings (SSSR count). The summed E-state index contributed by atoms with van der Waals surface area (Å²) in [6.45, 7) is 1.98. The number of halogens is 2. The van der Waals surface area contributed by atoms with Crippen molar-refractivity contribution in [2.75, 3.05) is 5.32 Å². The second-order valence-electron chi connectivity index (χ2n) is 6.40. The predicted octanol–water partition coefficient (Wildman–Crippen LogP) is 6.04. The standard InChI is InChI=1S/C22H17ClFN3O/c1-14-7-10-17(23)13-19(14)25-20(15-8-11-18(24)12-9-15)22-27-26-21(28-22)16-5-3-2-4-6-16/h2-13,20,25H,1H3/t20-/m1/s1. The van der Waals surface area contributed by atoms with Gasteiger partial charge >= 0.3 is 0 Å². The summed E-state index contributed by atoms with van der Waals surface area (Å²) in [4.78, 5) is 0. The summed E-state index contributed by atoms with van der Waals surface area (Å²) in [7, 11) is 0. The number of benzene rings is 3. The van der Waals surface area contributed by atoms with Gasteiger partial charge < -0.3 is 9.73 Å². The van der Waals surface area contributed by atoms with E-state index in [1.807, 2.05) is 55.5 Å². The van der Waals surface area contributed by atoms with E-state index in [-0.39, 0.29) is 5.82 Å². The Morgan fingerprint density at radius 3 is 2.46 bits per heavy atom. The zero-order chi connectivity index (χ0) is 19.5. The van der Waals surface area contributed by atoms with Gasteiger partial charge in [0.15, 0.2) is 0 Å². The van der Waals surface area contributed by atoms with Crippen molar-refractivity contribution in [1.82, 2.24) is 10.2 Å². The Hall–Kier alpha value is -3.18. The molecule has 0 aliphatic rings. The predicted molar refractivity (Wildman–Crippen MR) is 108 cm³/mol. The zero-order valence-electron chi connectivity index (χ0n) is 15.1. The average Bonchev–Trinajstić information content (AvgIpc) is 3.20. The van der Waals surface area contributed by atoms with Crippen LogP contribution in [-0.4, -0.2) is 10.2 Å². The van der Waals surface area contributed by atoms with Crippen LogP contribution in [0, 0.1) is 12.7 Å². The molecule has 0 unspecified atom stereocenters. The highest BCUT2D eigenvalue weighted by atomic mass is 35.5. The summed E-state index contributed by atoms with van der Waals surface area (Å²) in [5.74, 6) is 0.495. The first-order valence-corrected chi connectivity index (χ1v) is 9.15. The highest BCUT2D eigenvalue weighted by Gasteiger charge is 2.22. The Morgan fingerprint density at radius 1 is 0.964 bits per heavy atom. The van der Waals surface area contributed by atoms with Crippen LogP contribution in [0.2, 0.25) is 5.02 Å². The van der Waals surface area contributed by atoms with E-state index in [2.05, 4.69) is 15.5 Å². The summed E-state index contributed by atoms with van der Waals surface area (Å²) >= 11 is 6.16. The van der Waals surface area contributed by atoms with Crippen molar-refractivity contribution in [3.63, 3.8) is 0 Å². The Morgan fingerprint density at radius 2 is 1.71 bits per heavy atom. The van der Waals surface area contributed by atoms with E-state index in [4.69, 9.17) is 16.0 Å². The molecule has 0 aliphatic carbocycles. The van der Waals surface area contributed by atoms with Crippen molar-refractivity contribution in [2.45, 2.75) is 13.0 Å². The number of nitrogens with one attached hydrogen (secondary N) is 1. The van der Waals surface area contributed by atoms with Crippen LogP contribution in [0.1, 0.15) is 23.1 Å². The normalized spacial score (nSPS) is 12.0. The molecule has 28 heavy (non-hydrogen) atoms. The fourth-order valence-electron chi connectivity index (χ4n) is 2.90. The van der Waals surface area contributed by atoms with Crippen LogP contribution in [-0.2, 0) is 0 Å². The highest BCUT2D eigenvalue weighted by Crippen LogP contribution is 2.31. The smallest absolute Gasteiger partial charge is 0.247 e. The van der Waals surface area contributed by atoms with Crippen molar-refractivity contribution < 1.29 is 8.81 Å². The van der Waals surface area contributed by atoms with Crippen molar-refractivity contribution in [1.29, 1.82) is 0 Å². The fraction of sp³-hybridized carbons (Fsp3) is 0.0909. The van der Waals surface area contributed by atoms with E-state index in [9.17, 15) is 4.39 Å². The molecule has 140 valence electrons. The summed E-state index contributed by atoms with van der Waals surface area (Å²) in [5.41, 5.74) is 3.47. The van der Waals surface area contributed by atoms with E-state index < -0.39 is 6.04 Å². The first kappa shape index (κ1) is 18.2. The van der Waals surface area contributed by atoms with Crippen molar-refractivity contribution in [2.24, 2.45) is 0 Å². The highest BCUT2D eigenvalue weighted by molar-refractivity contribution is 6.30. The van der Waals surface area contributed by atoms with Crippen LogP contribution in [0.5, 0.6) is 0 Å². The maximum Gasteiger partial charge on any atom is 0.247 e. The van der Waals surface area contributed by atoms with Crippen molar-refractivity contribution >= 4 is 17.3 Å². The maximum atomic E-state index is 13.4. The number of rotatable bonds is 5. The van der Waals surface area contributed by atoms with Gasteiger partial charge in [-0.1, -0.05) is 48.0 Å². The van der Waals surface area contributed by atoms with Crippen LogP contribution in [0.25, 0.3) is 11.5 Å². The molecule has 1 atom stereocenters.